The highest BCUT2D eigenvalue weighted by atomic mass is 32.2. The van der Waals surface area contributed by atoms with Gasteiger partial charge in [-0.25, -0.2) is 4.39 Å². The van der Waals surface area contributed by atoms with Gasteiger partial charge in [-0.05, 0) is 29.3 Å². The topological polar surface area (TPSA) is 20.3 Å². The van der Waals surface area contributed by atoms with Crippen molar-refractivity contribution < 1.29 is 9.18 Å². The standard InChI is InChI=1S/C18H16FNOS/c19-16-9-7-15(8-10-16)18-20(12-13-22-18)17(21)11-6-14-4-2-1-3-5-14/h1-11,18H,12-13H2/b11-6+. The number of benzene rings is 2. The third kappa shape index (κ3) is 3.39. The van der Waals surface area contributed by atoms with Crippen molar-refractivity contribution in [2.24, 2.45) is 0 Å². The van der Waals surface area contributed by atoms with Crippen molar-refractivity contribution in [3.05, 3.63) is 77.6 Å². The van der Waals surface area contributed by atoms with E-state index in [4.69, 9.17) is 0 Å². The van der Waals surface area contributed by atoms with E-state index in [1.807, 2.05) is 41.3 Å². The molecule has 112 valence electrons. The van der Waals surface area contributed by atoms with Crippen molar-refractivity contribution in [2.45, 2.75) is 5.37 Å². The number of halogens is 1. The first kappa shape index (κ1) is 14.9. The number of carbonyl (C=O) groups excluding carboxylic acids is 1. The van der Waals surface area contributed by atoms with Gasteiger partial charge < -0.3 is 4.90 Å². The molecular weight excluding hydrogens is 297 g/mol. The monoisotopic (exact) mass is 313 g/mol. The minimum absolute atomic E-state index is 0.0109. The Morgan fingerprint density at radius 3 is 2.59 bits per heavy atom. The lowest BCUT2D eigenvalue weighted by Gasteiger charge is -2.22. The third-order valence-electron chi connectivity index (χ3n) is 3.55. The van der Waals surface area contributed by atoms with E-state index in [1.165, 1.54) is 12.1 Å². The minimum atomic E-state index is -0.256. The number of carbonyl (C=O) groups is 1. The molecule has 1 unspecified atom stereocenters. The van der Waals surface area contributed by atoms with Gasteiger partial charge in [0.05, 0.1) is 0 Å². The summed E-state index contributed by atoms with van der Waals surface area (Å²) in [5, 5.41) is -0.0338. The second-order valence-corrected chi connectivity index (χ2v) is 6.24. The SMILES string of the molecule is O=C(/C=C/c1ccccc1)N1CCSC1c1ccc(F)cc1. The summed E-state index contributed by atoms with van der Waals surface area (Å²) in [4.78, 5) is 14.3. The average molecular weight is 313 g/mol. The van der Waals surface area contributed by atoms with Crippen LogP contribution in [0.1, 0.15) is 16.5 Å². The first-order chi connectivity index (χ1) is 10.7. The van der Waals surface area contributed by atoms with Gasteiger partial charge in [0.15, 0.2) is 0 Å². The van der Waals surface area contributed by atoms with Gasteiger partial charge in [0.2, 0.25) is 5.91 Å². The molecule has 1 atom stereocenters. The van der Waals surface area contributed by atoms with Crippen LogP contribution in [0.3, 0.4) is 0 Å². The van der Waals surface area contributed by atoms with Crippen LogP contribution in [0.2, 0.25) is 0 Å². The van der Waals surface area contributed by atoms with Crippen LogP contribution >= 0.6 is 11.8 Å². The van der Waals surface area contributed by atoms with E-state index in [1.54, 1.807) is 30.0 Å². The molecule has 0 radical (unpaired) electrons. The highest BCUT2D eigenvalue weighted by molar-refractivity contribution is 7.99. The zero-order chi connectivity index (χ0) is 15.4. The van der Waals surface area contributed by atoms with Crippen LogP contribution in [0.5, 0.6) is 0 Å². The molecule has 0 N–H and O–H groups in total. The zero-order valence-electron chi connectivity index (χ0n) is 12.0. The molecule has 0 saturated carbocycles. The van der Waals surface area contributed by atoms with Crippen LogP contribution in [0, 0.1) is 5.82 Å². The molecule has 1 saturated heterocycles. The largest absolute Gasteiger partial charge is 0.322 e. The van der Waals surface area contributed by atoms with E-state index in [0.717, 1.165) is 16.9 Å². The lowest BCUT2D eigenvalue weighted by atomic mass is 10.2. The molecule has 4 heteroatoms. The number of nitrogens with zero attached hydrogens (tertiary/aromatic N) is 1. The Morgan fingerprint density at radius 1 is 1.14 bits per heavy atom. The first-order valence-electron chi connectivity index (χ1n) is 7.15. The number of hydrogen-bond donors (Lipinski definition) is 0. The Bertz CT molecular complexity index is 669. The normalized spacial score (nSPS) is 18.0. The molecule has 0 aromatic heterocycles. The van der Waals surface area contributed by atoms with Crippen molar-refractivity contribution in [1.82, 2.24) is 4.90 Å². The second kappa shape index (κ2) is 6.79. The van der Waals surface area contributed by atoms with Crippen LogP contribution in [0.4, 0.5) is 4.39 Å². The van der Waals surface area contributed by atoms with Crippen molar-refractivity contribution in [2.75, 3.05) is 12.3 Å². The number of amides is 1. The average Bonchev–Trinajstić information content (AvgIpc) is 3.04. The molecule has 2 aromatic rings. The minimum Gasteiger partial charge on any atom is -0.322 e. The van der Waals surface area contributed by atoms with Crippen LogP contribution in [-0.2, 0) is 4.79 Å². The van der Waals surface area contributed by atoms with Crippen molar-refractivity contribution >= 4 is 23.7 Å². The van der Waals surface area contributed by atoms with Crippen molar-refractivity contribution in [1.29, 1.82) is 0 Å². The molecule has 0 spiro atoms. The molecule has 1 aliphatic heterocycles. The van der Waals surface area contributed by atoms with E-state index >= 15 is 0 Å². The molecule has 3 rings (SSSR count). The molecule has 2 aromatic carbocycles. The van der Waals surface area contributed by atoms with Crippen LogP contribution in [-0.4, -0.2) is 23.1 Å². The summed E-state index contributed by atoms with van der Waals surface area (Å²) in [5.74, 6) is 0.629. The molecular formula is C18H16FNOS. The number of thioether (sulfide) groups is 1. The molecule has 2 nitrogen and oxygen atoms in total. The van der Waals surface area contributed by atoms with Gasteiger partial charge in [0, 0.05) is 18.4 Å². The maximum Gasteiger partial charge on any atom is 0.247 e. The molecule has 1 fully saturated rings. The Kier molecular flexibility index (Phi) is 4.59. The molecule has 0 bridgehead atoms. The fourth-order valence-corrected chi connectivity index (χ4v) is 3.69. The molecule has 1 heterocycles. The summed E-state index contributed by atoms with van der Waals surface area (Å²) in [5.41, 5.74) is 1.96. The maximum atomic E-state index is 13.0. The highest BCUT2D eigenvalue weighted by Gasteiger charge is 2.29. The third-order valence-corrected chi connectivity index (χ3v) is 4.81. The van der Waals surface area contributed by atoms with E-state index in [-0.39, 0.29) is 17.1 Å². The Hall–Kier alpha value is -2.07. The lowest BCUT2D eigenvalue weighted by Crippen LogP contribution is -2.28. The molecule has 1 amide bonds. The number of hydrogen-bond acceptors (Lipinski definition) is 2. The summed E-state index contributed by atoms with van der Waals surface area (Å²) in [6.45, 7) is 0.713. The summed E-state index contributed by atoms with van der Waals surface area (Å²) in [6.07, 6.45) is 3.44. The van der Waals surface area contributed by atoms with E-state index in [0.29, 0.717) is 6.54 Å². The van der Waals surface area contributed by atoms with Gasteiger partial charge in [-0.2, -0.15) is 0 Å². The summed E-state index contributed by atoms with van der Waals surface area (Å²) in [7, 11) is 0. The highest BCUT2D eigenvalue weighted by Crippen LogP contribution is 2.37. The first-order valence-corrected chi connectivity index (χ1v) is 8.20. The van der Waals surface area contributed by atoms with Gasteiger partial charge in [-0.15, -0.1) is 11.8 Å². The summed E-state index contributed by atoms with van der Waals surface area (Å²) in [6, 6.07) is 16.1. The summed E-state index contributed by atoms with van der Waals surface area (Å²) < 4.78 is 13.0. The Labute approximate surface area is 133 Å². The van der Waals surface area contributed by atoms with Gasteiger partial charge in [-0.1, -0.05) is 42.5 Å². The van der Waals surface area contributed by atoms with Gasteiger partial charge in [0.25, 0.3) is 0 Å². The van der Waals surface area contributed by atoms with Gasteiger partial charge in [0.1, 0.15) is 11.2 Å². The predicted octanol–water partition coefficient (Wildman–Crippen LogP) is 4.11. The predicted molar refractivity (Wildman–Crippen MR) is 88.8 cm³/mol. The number of rotatable bonds is 3. The van der Waals surface area contributed by atoms with E-state index in [2.05, 4.69) is 0 Å². The fourth-order valence-electron chi connectivity index (χ4n) is 2.43. The lowest BCUT2D eigenvalue weighted by molar-refractivity contribution is -0.126. The fraction of sp³-hybridized carbons (Fsp3) is 0.167. The Morgan fingerprint density at radius 2 is 1.86 bits per heavy atom. The van der Waals surface area contributed by atoms with Crippen molar-refractivity contribution in [3.63, 3.8) is 0 Å². The van der Waals surface area contributed by atoms with Crippen LogP contribution in [0.15, 0.2) is 60.7 Å². The quantitative estimate of drug-likeness (QED) is 0.795. The Balaban J connectivity index is 1.74. The van der Waals surface area contributed by atoms with Gasteiger partial charge in [-0.3, -0.25) is 4.79 Å². The summed E-state index contributed by atoms with van der Waals surface area (Å²) >= 11 is 1.71. The van der Waals surface area contributed by atoms with E-state index < -0.39 is 0 Å². The molecule has 1 aliphatic rings. The molecule has 22 heavy (non-hydrogen) atoms. The van der Waals surface area contributed by atoms with Gasteiger partial charge >= 0.3 is 0 Å². The van der Waals surface area contributed by atoms with Crippen LogP contribution < -0.4 is 0 Å². The van der Waals surface area contributed by atoms with Crippen molar-refractivity contribution in [3.8, 4) is 0 Å². The zero-order valence-corrected chi connectivity index (χ0v) is 12.8. The smallest absolute Gasteiger partial charge is 0.247 e. The van der Waals surface area contributed by atoms with E-state index in [9.17, 15) is 9.18 Å². The maximum absolute atomic E-state index is 13.0. The molecule has 0 aliphatic carbocycles. The second-order valence-electron chi connectivity index (χ2n) is 5.05. The van der Waals surface area contributed by atoms with Crippen LogP contribution in [0.25, 0.3) is 6.08 Å².